The van der Waals surface area contributed by atoms with E-state index in [1.54, 1.807) is 0 Å². The van der Waals surface area contributed by atoms with Crippen LogP contribution in [0.2, 0.25) is 0 Å². The van der Waals surface area contributed by atoms with Gasteiger partial charge in [0.2, 0.25) is 0 Å². The van der Waals surface area contributed by atoms with Crippen LogP contribution in [0.1, 0.15) is 20.3 Å². The Morgan fingerprint density at radius 3 is 3.00 bits per heavy atom. The molecule has 1 fully saturated rings. The molecule has 0 spiro atoms. The van der Waals surface area contributed by atoms with Gasteiger partial charge in [-0.25, -0.2) is 0 Å². The molecule has 2 atom stereocenters. The van der Waals surface area contributed by atoms with Crippen LogP contribution in [0, 0.1) is 11.3 Å². The Bertz CT molecular complexity index is 228. The van der Waals surface area contributed by atoms with Crippen LogP contribution in [0.15, 0.2) is 12.2 Å². The van der Waals surface area contributed by atoms with Gasteiger partial charge in [-0.15, -0.1) is 0 Å². The van der Waals surface area contributed by atoms with Crippen LogP contribution >= 0.6 is 0 Å². The molecule has 1 aliphatic heterocycles. The van der Waals surface area contributed by atoms with E-state index in [0.29, 0.717) is 12.3 Å². The highest BCUT2D eigenvalue weighted by Crippen LogP contribution is 2.44. The molecule has 2 nitrogen and oxygen atoms in total. The summed E-state index contributed by atoms with van der Waals surface area (Å²) in [4.78, 5) is 10.9. The molecule has 0 N–H and O–H groups in total. The molecule has 1 heterocycles. The maximum Gasteiger partial charge on any atom is 0.306 e. The SMILES string of the molecule is CC1(C)C=C[C@@H]2OC(=O)C[C@@H]21. The topological polar surface area (TPSA) is 26.3 Å². The molecule has 0 radical (unpaired) electrons. The predicted octanol–water partition coefficient (Wildman–Crippen LogP) is 1.51. The average Bonchev–Trinajstić information content (AvgIpc) is 2.35. The van der Waals surface area contributed by atoms with E-state index in [-0.39, 0.29) is 17.5 Å². The molecule has 2 heteroatoms. The van der Waals surface area contributed by atoms with Crippen molar-refractivity contribution >= 4 is 5.97 Å². The lowest BCUT2D eigenvalue weighted by molar-refractivity contribution is -0.140. The van der Waals surface area contributed by atoms with E-state index in [0.717, 1.165) is 0 Å². The first kappa shape index (κ1) is 6.89. The fraction of sp³-hybridized carbons (Fsp3) is 0.667. The third kappa shape index (κ3) is 0.889. The molecule has 2 rings (SSSR count). The van der Waals surface area contributed by atoms with Crippen LogP contribution in [0.4, 0.5) is 0 Å². The minimum Gasteiger partial charge on any atom is -0.458 e. The van der Waals surface area contributed by atoms with Gasteiger partial charge in [0.25, 0.3) is 0 Å². The first-order valence-corrected chi connectivity index (χ1v) is 3.98. The van der Waals surface area contributed by atoms with Gasteiger partial charge in [0.15, 0.2) is 0 Å². The van der Waals surface area contributed by atoms with Crippen LogP contribution < -0.4 is 0 Å². The average molecular weight is 152 g/mol. The first-order chi connectivity index (χ1) is 5.09. The maximum absolute atomic E-state index is 10.9. The number of allylic oxidation sites excluding steroid dienone is 1. The molecule has 11 heavy (non-hydrogen) atoms. The van der Waals surface area contributed by atoms with Crippen molar-refractivity contribution in [1.29, 1.82) is 0 Å². The largest absolute Gasteiger partial charge is 0.458 e. The molecular weight excluding hydrogens is 140 g/mol. The van der Waals surface area contributed by atoms with E-state index < -0.39 is 0 Å². The summed E-state index contributed by atoms with van der Waals surface area (Å²) in [6.07, 6.45) is 4.81. The van der Waals surface area contributed by atoms with E-state index in [1.807, 2.05) is 6.08 Å². The van der Waals surface area contributed by atoms with Crippen molar-refractivity contribution in [2.24, 2.45) is 11.3 Å². The Hall–Kier alpha value is -0.790. The Morgan fingerprint density at radius 1 is 1.64 bits per heavy atom. The summed E-state index contributed by atoms with van der Waals surface area (Å²) in [5, 5.41) is 0. The quantitative estimate of drug-likeness (QED) is 0.388. The van der Waals surface area contributed by atoms with Gasteiger partial charge < -0.3 is 4.74 Å². The summed E-state index contributed by atoms with van der Waals surface area (Å²) >= 11 is 0. The monoisotopic (exact) mass is 152 g/mol. The zero-order valence-corrected chi connectivity index (χ0v) is 6.83. The highest BCUT2D eigenvalue weighted by atomic mass is 16.5. The van der Waals surface area contributed by atoms with E-state index in [2.05, 4.69) is 19.9 Å². The third-order valence-corrected chi connectivity index (χ3v) is 2.72. The van der Waals surface area contributed by atoms with Gasteiger partial charge in [-0.2, -0.15) is 0 Å². The van der Waals surface area contributed by atoms with Crippen molar-refractivity contribution in [2.75, 3.05) is 0 Å². The minimum absolute atomic E-state index is 0.0441. The number of ether oxygens (including phenoxy) is 1. The van der Waals surface area contributed by atoms with Crippen molar-refractivity contribution < 1.29 is 9.53 Å². The molecule has 0 aromatic carbocycles. The third-order valence-electron chi connectivity index (χ3n) is 2.72. The molecule has 0 amide bonds. The summed E-state index contributed by atoms with van der Waals surface area (Å²) in [6.45, 7) is 4.30. The molecule has 0 saturated carbocycles. The van der Waals surface area contributed by atoms with Gasteiger partial charge >= 0.3 is 5.97 Å². The Labute approximate surface area is 66.2 Å². The second-order valence-corrected chi connectivity index (χ2v) is 3.95. The molecule has 1 aliphatic carbocycles. The fourth-order valence-corrected chi connectivity index (χ4v) is 1.90. The fourth-order valence-electron chi connectivity index (χ4n) is 1.90. The number of carbonyl (C=O) groups is 1. The molecule has 0 aromatic heterocycles. The van der Waals surface area contributed by atoms with Gasteiger partial charge in [0.05, 0.1) is 6.42 Å². The number of hydrogen-bond donors (Lipinski definition) is 0. The molecule has 1 saturated heterocycles. The van der Waals surface area contributed by atoms with E-state index in [4.69, 9.17) is 4.74 Å². The van der Waals surface area contributed by atoms with Gasteiger partial charge in [-0.3, -0.25) is 4.79 Å². The van der Waals surface area contributed by atoms with Crippen LogP contribution in [0.3, 0.4) is 0 Å². The van der Waals surface area contributed by atoms with Crippen molar-refractivity contribution in [1.82, 2.24) is 0 Å². The van der Waals surface area contributed by atoms with Crippen LogP contribution in [0.25, 0.3) is 0 Å². The van der Waals surface area contributed by atoms with Crippen LogP contribution in [0.5, 0.6) is 0 Å². The van der Waals surface area contributed by atoms with Crippen molar-refractivity contribution in [3.63, 3.8) is 0 Å². The molecule has 0 unspecified atom stereocenters. The number of rotatable bonds is 0. The number of fused-ring (bicyclic) bond motifs is 1. The number of carbonyl (C=O) groups excluding carboxylic acids is 1. The van der Waals surface area contributed by atoms with Crippen molar-refractivity contribution in [2.45, 2.75) is 26.4 Å². The lowest BCUT2D eigenvalue weighted by atomic mass is 9.80. The zero-order chi connectivity index (χ0) is 8.06. The molecule has 0 aromatic rings. The predicted molar refractivity (Wildman–Crippen MR) is 40.9 cm³/mol. The number of hydrogen-bond acceptors (Lipinski definition) is 2. The summed E-state index contributed by atoms with van der Waals surface area (Å²) < 4.78 is 5.10. The highest BCUT2D eigenvalue weighted by molar-refractivity contribution is 5.73. The van der Waals surface area contributed by atoms with Gasteiger partial charge in [0, 0.05) is 5.92 Å². The summed E-state index contributed by atoms with van der Waals surface area (Å²) in [5.74, 6) is 0.340. The highest BCUT2D eigenvalue weighted by Gasteiger charge is 2.45. The van der Waals surface area contributed by atoms with E-state index in [1.165, 1.54) is 0 Å². The smallest absolute Gasteiger partial charge is 0.306 e. The van der Waals surface area contributed by atoms with Crippen LogP contribution in [-0.2, 0) is 9.53 Å². The van der Waals surface area contributed by atoms with Gasteiger partial charge in [-0.1, -0.05) is 19.9 Å². The minimum atomic E-state index is -0.0441. The maximum atomic E-state index is 10.9. The second-order valence-electron chi connectivity index (χ2n) is 3.95. The lowest BCUT2D eigenvalue weighted by Gasteiger charge is -2.22. The zero-order valence-electron chi connectivity index (χ0n) is 6.83. The Morgan fingerprint density at radius 2 is 2.36 bits per heavy atom. The Balaban J connectivity index is 2.26. The van der Waals surface area contributed by atoms with Crippen molar-refractivity contribution in [3.8, 4) is 0 Å². The molecule has 2 aliphatic rings. The van der Waals surface area contributed by atoms with Crippen LogP contribution in [-0.4, -0.2) is 12.1 Å². The van der Waals surface area contributed by atoms with E-state index >= 15 is 0 Å². The molecule has 0 bridgehead atoms. The summed E-state index contributed by atoms with van der Waals surface area (Å²) in [6, 6.07) is 0. The molecular formula is C9H12O2. The van der Waals surface area contributed by atoms with E-state index in [9.17, 15) is 4.79 Å². The summed E-state index contributed by atoms with van der Waals surface area (Å²) in [7, 11) is 0. The van der Waals surface area contributed by atoms with Gasteiger partial charge in [0.1, 0.15) is 6.10 Å². The Kier molecular flexibility index (Phi) is 1.17. The normalized spacial score (nSPS) is 38.9. The number of esters is 1. The molecule has 60 valence electrons. The summed E-state index contributed by atoms with van der Waals surface area (Å²) in [5.41, 5.74) is 0.150. The van der Waals surface area contributed by atoms with Gasteiger partial charge in [-0.05, 0) is 11.5 Å². The first-order valence-electron chi connectivity index (χ1n) is 3.98. The lowest BCUT2D eigenvalue weighted by Crippen LogP contribution is -2.21. The standard InChI is InChI=1S/C9H12O2/c1-9(2)4-3-7-6(9)5-8(10)11-7/h3-4,6-7H,5H2,1-2H3/t6-,7-/m0/s1. The second kappa shape index (κ2) is 1.87. The van der Waals surface area contributed by atoms with Crippen molar-refractivity contribution in [3.05, 3.63) is 12.2 Å².